The zero-order valence-electron chi connectivity index (χ0n) is 8.53. The average Bonchev–Trinajstić information content (AvgIpc) is 2.06. The highest BCUT2D eigenvalue weighted by molar-refractivity contribution is 5.27. The van der Waals surface area contributed by atoms with Crippen molar-refractivity contribution in [1.82, 2.24) is 0 Å². The van der Waals surface area contributed by atoms with E-state index in [0.717, 1.165) is 18.2 Å². The number of rotatable bonds is 2. The third-order valence-electron chi connectivity index (χ3n) is 2.00. The van der Waals surface area contributed by atoms with Gasteiger partial charge in [0.2, 0.25) is 0 Å². The van der Waals surface area contributed by atoms with Gasteiger partial charge in [-0.3, -0.25) is 0 Å². The Kier molecular flexibility index (Phi) is 3.37. The Bertz CT molecular complexity index is 339. The van der Waals surface area contributed by atoms with Crippen LogP contribution in [0.5, 0.6) is 0 Å². The lowest BCUT2D eigenvalue weighted by Gasteiger charge is -2.11. The van der Waals surface area contributed by atoms with Crippen molar-refractivity contribution in [3.8, 4) is 0 Å². The molecule has 0 aromatic heterocycles. The fourth-order valence-corrected chi connectivity index (χ4v) is 1.35. The molecule has 0 bridgehead atoms. The van der Waals surface area contributed by atoms with E-state index in [9.17, 15) is 17.6 Å². The first kappa shape index (κ1) is 12.0. The molecule has 0 heterocycles. The fraction of sp³-hybridized carbons (Fsp3) is 0.455. The molecular weight excluding hydrogens is 208 g/mol. The van der Waals surface area contributed by atoms with E-state index in [2.05, 4.69) is 0 Å². The second kappa shape index (κ2) is 4.21. The Balaban J connectivity index is 3.06. The van der Waals surface area contributed by atoms with Gasteiger partial charge in [-0.05, 0) is 36.1 Å². The molecule has 1 rings (SSSR count). The molecular formula is C11H12F4. The molecule has 0 fully saturated rings. The molecule has 1 aromatic carbocycles. The van der Waals surface area contributed by atoms with E-state index in [0.29, 0.717) is 6.42 Å². The van der Waals surface area contributed by atoms with Gasteiger partial charge in [-0.25, -0.2) is 4.39 Å². The molecule has 0 saturated carbocycles. The summed E-state index contributed by atoms with van der Waals surface area (Å²) in [5.74, 6) is -0.445. The van der Waals surface area contributed by atoms with Crippen molar-refractivity contribution in [3.05, 3.63) is 35.1 Å². The second-order valence-electron chi connectivity index (χ2n) is 3.90. The molecule has 0 saturated heterocycles. The van der Waals surface area contributed by atoms with Crippen LogP contribution >= 0.6 is 0 Å². The van der Waals surface area contributed by atoms with Crippen LogP contribution in [0.3, 0.4) is 0 Å². The number of hydrogen-bond donors (Lipinski definition) is 0. The van der Waals surface area contributed by atoms with Crippen molar-refractivity contribution in [2.45, 2.75) is 26.4 Å². The summed E-state index contributed by atoms with van der Waals surface area (Å²) in [6.07, 6.45) is -4.09. The largest absolute Gasteiger partial charge is 0.416 e. The van der Waals surface area contributed by atoms with E-state index in [4.69, 9.17) is 0 Å². The molecule has 0 nitrogen and oxygen atoms in total. The normalized spacial score (nSPS) is 12.2. The van der Waals surface area contributed by atoms with Crippen LogP contribution in [0.4, 0.5) is 17.6 Å². The predicted molar refractivity (Wildman–Crippen MR) is 49.9 cm³/mol. The van der Waals surface area contributed by atoms with Gasteiger partial charge >= 0.3 is 6.18 Å². The fourth-order valence-electron chi connectivity index (χ4n) is 1.35. The van der Waals surface area contributed by atoms with E-state index in [1.54, 1.807) is 0 Å². The minimum Gasteiger partial charge on any atom is -0.207 e. The molecule has 0 aliphatic rings. The molecule has 1 aromatic rings. The summed E-state index contributed by atoms with van der Waals surface area (Å²) in [4.78, 5) is 0. The van der Waals surface area contributed by atoms with Gasteiger partial charge in [0.15, 0.2) is 0 Å². The summed E-state index contributed by atoms with van der Waals surface area (Å²) < 4.78 is 50.1. The molecule has 0 aliphatic heterocycles. The van der Waals surface area contributed by atoms with Crippen molar-refractivity contribution in [1.29, 1.82) is 0 Å². The first-order valence-electron chi connectivity index (χ1n) is 4.66. The van der Waals surface area contributed by atoms with E-state index < -0.39 is 17.6 Å². The second-order valence-corrected chi connectivity index (χ2v) is 3.90. The highest BCUT2D eigenvalue weighted by Crippen LogP contribution is 2.30. The summed E-state index contributed by atoms with van der Waals surface area (Å²) in [6, 6.07) is 2.52. The monoisotopic (exact) mass is 220 g/mol. The maximum absolute atomic E-state index is 13.2. The maximum Gasteiger partial charge on any atom is 0.416 e. The van der Waals surface area contributed by atoms with Crippen LogP contribution in [0, 0.1) is 11.7 Å². The summed E-state index contributed by atoms with van der Waals surface area (Å²) in [6.45, 7) is 3.67. The van der Waals surface area contributed by atoms with E-state index >= 15 is 0 Å². The number of alkyl halides is 3. The van der Waals surface area contributed by atoms with Crippen LogP contribution in [-0.4, -0.2) is 0 Å². The van der Waals surface area contributed by atoms with Crippen LogP contribution in [0.15, 0.2) is 18.2 Å². The smallest absolute Gasteiger partial charge is 0.207 e. The Labute approximate surface area is 85.9 Å². The standard InChI is InChI=1S/C11H12F4/c1-7(2)5-8-6-9(11(13,14)15)3-4-10(8)12/h3-4,6-7H,5H2,1-2H3. The number of halogens is 4. The molecule has 0 amide bonds. The predicted octanol–water partition coefficient (Wildman–Crippen LogP) is 4.04. The molecule has 15 heavy (non-hydrogen) atoms. The van der Waals surface area contributed by atoms with Crippen LogP contribution in [0.25, 0.3) is 0 Å². The minimum absolute atomic E-state index is 0.125. The van der Waals surface area contributed by atoms with Crippen LogP contribution in [0.2, 0.25) is 0 Å². The van der Waals surface area contributed by atoms with Crippen molar-refractivity contribution in [2.75, 3.05) is 0 Å². The molecule has 0 N–H and O–H groups in total. The SMILES string of the molecule is CC(C)Cc1cc(C(F)(F)F)ccc1F. The van der Waals surface area contributed by atoms with Crippen LogP contribution in [-0.2, 0) is 12.6 Å². The third-order valence-corrected chi connectivity index (χ3v) is 2.00. The summed E-state index contributed by atoms with van der Waals surface area (Å²) in [7, 11) is 0. The molecule has 0 aliphatic carbocycles. The van der Waals surface area contributed by atoms with Crippen molar-refractivity contribution < 1.29 is 17.6 Å². The van der Waals surface area contributed by atoms with E-state index in [1.807, 2.05) is 13.8 Å². The lowest BCUT2D eigenvalue weighted by molar-refractivity contribution is -0.137. The molecule has 0 radical (unpaired) electrons. The van der Waals surface area contributed by atoms with Gasteiger partial charge in [0.25, 0.3) is 0 Å². The maximum atomic E-state index is 13.2. The van der Waals surface area contributed by atoms with E-state index in [-0.39, 0.29) is 11.5 Å². The Morgan fingerprint density at radius 1 is 1.20 bits per heavy atom. The Morgan fingerprint density at radius 2 is 1.80 bits per heavy atom. The van der Waals surface area contributed by atoms with Gasteiger partial charge in [-0.2, -0.15) is 13.2 Å². The lowest BCUT2D eigenvalue weighted by Crippen LogP contribution is -2.07. The number of hydrogen-bond acceptors (Lipinski definition) is 0. The first-order valence-corrected chi connectivity index (χ1v) is 4.66. The van der Waals surface area contributed by atoms with Crippen LogP contribution in [0.1, 0.15) is 25.0 Å². The van der Waals surface area contributed by atoms with Gasteiger partial charge in [-0.15, -0.1) is 0 Å². The van der Waals surface area contributed by atoms with Crippen molar-refractivity contribution in [3.63, 3.8) is 0 Å². The quantitative estimate of drug-likeness (QED) is 0.660. The molecule has 4 heteroatoms. The van der Waals surface area contributed by atoms with Gasteiger partial charge in [0.05, 0.1) is 5.56 Å². The first-order chi connectivity index (χ1) is 6.80. The van der Waals surface area contributed by atoms with Gasteiger partial charge < -0.3 is 0 Å². The zero-order chi connectivity index (χ0) is 11.6. The molecule has 0 atom stereocenters. The number of benzene rings is 1. The summed E-state index contributed by atoms with van der Waals surface area (Å²) in [5, 5.41) is 0. The Hall–Kier alpha value is -1.06. The lowest BCUT2D eigenvalue weighted by atomic mass is 10.0. The average molecular weight is 220 g/mol. The Morgan fingerprint density at radius 3 is 2.27 bits per heavy atom. The zero-order valence-corrected chi connectivity index (χ0v) is 8.53. The van der Waals surface area contributed by atoms with Crippen molar-refractivity contribution in [2.24, 2.45) is 5.92 Å². The van der Waals surface area contributed by atoms with Gasteiger partial charge in [0, 0.05) is 0 Å². The topological polar surface area (TPSA) is 0 Å². The van der Waals surface area contributed by atoms with Crippen LogP contribution < -0.4 is 0 Å². The molecule has 84 valence electrons. The molecule has 0 spiro atoms. The highest BCUT2D eigenvalue weighted by Gasteiger charge is 2.31. The van der Waals surface area contributed by atoms with Gasteiger partial charge in [0.1, 0.15) is 5.82 Å². The highest BCUT2D eigenvalue weighted by atomic mass is 19.4. The van der Waals surface area contributed by atoms with Gasteiger partial charge in [-0.1, -0.05) is 13.8 Å². The minimum atomic E-state index is -4.40. The molecule has 0 unspecified atom stereocenters. The third kappa shape index (κ3) is 3.22. The summed E-state index contributed by atoms with van der Waals surface area (Å²) in [5.41, 5.74) is -0.667. The summed E-state index contributed by atoms with van der Waals surface area (Å²) >= 11 is 0. The van der Waals surface area contributed by atoms with E-state index in [1.165, 1.54) is 0 Å². The van der Waals surface area contributed by atoms with Crippen molar-refractivity contribution >= 4 is 0 Å².